The molecule has 1 aromatic heterocycles. The molecule has 1 saturated carbocycles. The van der Waals surface area contributed by atoms with Crippen molar-refractivity contribution in [3.05, 3.63) is 94.7 Å². The summed E-state index contributed by atoms with van der Waals surface area (Å²) < 4.78 is 28.0. The Morgan fingerprint density at radius 2 is 1.80 bits per heavy atom. The Morgan fingerprint density at radius 1 is 1.10 bits per heavy atom. The summed E-state index contributed by atoms with van der Waals surface area (Å²) in [6, 6.07) is 13.5. The maximum atomic E-state index is 14.0. The highest BCUT2D eigenvalue weighted by atomic mass is 19.1. The summed E-state index contributed by atoms with van der Waals surface area (Å²) in [5.41, 5.74) is 2.24. The van der Waals surface area contributed by atoms with Gasteiger partial charge in [-0.3, -0.25) is 4.79 Å². The van der Waals surface area contributed by atoms with Crippen molar-refractivity contribution in [2.24, 2.45) is 0 Å². The number of nitrogens with one attached hydrogen (secondary N) is 2. The van der Waals surface area contributed by atoms with E-state index in [2.05, 4.69) is 40.3 Å². The number of hydrogen-bond acceptors (Lipinski definition) is 5. The number of pyridine rings is 1. The van der Waals surface area contributed by atoms with Crippen LogP contribution in [0.2, 0.25) is 0 Å². The molecule has 1 fully saturated rings. The smallest absolute Gasteiger partial charge is 0.251 e. The largest absolute Gasteiger partial charge is 0.390 e. The van der Waals surface area contributed by atoms with E-state index < -0.39 is 29.7 Å². The second-order valence-electron chi connectivity index (χ2n) is 10.7. The lowest BCUT2D eigenvalue weighted by Crippen LogP contribution is -2.50. The van der Waals surface area contributed by atoms with Crippen LogP contribution in [0.1, 0.15) is 66.6 Å². The summed E-state index contributed by atoms with van der Waals surface area (Å²) in [4.78, 5) is 20.0. The van der Waals surface area contributed by atoms with Gasteiger partial charge >= 0.3 is 0 Å². The highest BCUT2D eigenvalue weighted by Crippen LogP contribution is 2.45. The van der Waals surface area contributed by atoms with Crippen LogP contribution in [0.4, 0.5) is 14.6 Å². The molecule has 1 aliphatic carbocycles. The maximum Gasteiger partial charge on any atom is 0.251 e. The highest BCUT2D eigenvalue weighted by Gasteiger charge is 2.44. The molecule has 0 radical (unpaired) electrons. The number of rotatable bonds is 14. The predicted molar refractivity (Wildman–Crippen MR) is 158 cm³/mol. The van der Waals surface area contributed by atoms with Crippen LogP contribution < -0.4 is 15.5 Å². The Bertz CT molecular complexity index is 1360. The SMILES string of the molecule is C#Cc1cccc(C2(NC[C@H](O)[C@H](Cc3cc(F)cc(F)c3)NC(=O)c3ccnc(N(CCC)CCC)c3)CC2)c1. The number of carbonyl (C=O) groups is 1. The zero-order valence-electron chi connectivity index (χ0n) is 23.7. The van der Waals surface area contributed by atoms with Crippen molar-refractivity contribution in [1.29, 1.82) is 0 Å². The Labute approximate surface area is 241 Å². The zero-order valence-corrected chi connectivity index (χ0v) is 23.7. The third-order valence-corrected chi connectivity index (χ3v) is 7.46. The minimum absolute atomic E-state index is 0.0403. The van der Waals surface area contributed by atoms with E-state index in [1.54, 1.807) is 18.3 Å². The summed E-state index contributed by atoms with van der Waals surface area (Å²) in [5, 5.41) is 17.7. The molecule has 0 unspecified atom stereocenters. The Kier molecular flexibility index (Phi) is 10.1. The first-order valence-electron chi connectivity index (χ1n) is 14.2. The molecule has 0 aliphatic heterocycles. The number of anilines is 1. The molecule has 1 aliphatic rings. The molecule has 3 N–H and O–H groups in total. The monoisotopic (exact) mass is 560 g/mol. The van der Waals surface area contributed by atoms with Gasteiger partial charge in [0, 0.05) is 48.6 Å². The van der Waals surface area contributed by atoms with Gasteiger partial charge in [0.05, 0.1) is 12.1 Å². The van der Waals surface area contributed by atoms with Crippen LogP contribution in [0, 0.1) is 24.0 Å². The Balaban J connectivity index is 1.53. The summed E-state index contributed by atoms with van der Waals surface area (Å²) in [6.45, 7) is 5.97. The number of aliphatic hydroxyl groups is 1. The number of hydrogen-bond donors (Lipinski definition) is 3. The first-order valence-corrected chi connectivity index (χ1v) is 14.2. The third-order valence-electron chi connectivity index (χ3n) is 7.46. The van der Waals surface area contributed by atoms with Crippen LogP contribution in [-0.2, 0) is 12.0 Å². The van der Waals surface area contributed by atoms with Gasteiger partial charge in [-0.25, -0.2) is 13.8 Å². The molecule has 2 atom stereocenters. The lowest BCUT2D eigenvalue weighted by molar-refractivity contribution is 0.0822. The van der Waals surface area contributed by atoms with E-state index in [0.29, 0.717) is 16.9 Å². The minimum atomic E-state index is -1.04. The average molecular weight is 561 g/mol. The number of amides is 1. The predicted octanol–water partition coefficient (Wildman–Crippen LogP) is 4.95. The molecule has 0 spiro atoms. The van der Waals surface area contributed by atoms with Gasteiger partial charge < -0.3 is 20.6 Å². The lowest BCUT2D eigenvalue weighted by Gasteiger charge is -2.28. The average Bonchev–Trinajstić information content (AvgIpc) is 3.76. The third kappa shape index (κ3) is 7.90. The molecule has 216 valence electrons. The van der Waals surface area contributed by atoms with Crippen molar-refractivity contribution < 1.29 is 18.7 Å². The first-order chi connectivity index (χ1) is 19.8. The number of nitrogens with zero attached hydrogens (tertiary/aromatic N) is 2. The number of carbonyl (C=O) groups excluding carboxylic acids is 1. The molecule has 3 aromatic rings. The van der Waals surface area contributed by atoms with Gasteiger partial charge in [0.2, 0.25) is 0 Å². The van der Waals surface area contributed by atoms with Crippen LogP contribution in [0.25, 0.3) is 0 Å². The number of halogens is 2. The van der Waals surface area contributed by atoms with Crippen LogP contribution in [0.15, 0.2) is 60.8 Å². The quantitative estimate of drug-likeness (QED) is 0.243. The van der Waals surface area contributed by atoms with Crippen LogP contribution in [0.3, 0.4) is 0 Å². The normalized spacial score (nSPS) is 15.0. The fourth-order valence-corrected chi connectivity index (χ4v) is 5.17. The molecule has 2 aromatic carbocycles. The molecule has 4 rings (SSSR count). The molecule has 0 saturated heterocycles. The van der Waals surface area contributed by atoms with E-state index in [4.69, 9.17) is 6.42 Å². The summed E-state index contributed by atoms with van der Waals surface area (Å²) >= 11 is 0. The van der Waals surface area contributed by atoms with Crippen LogP contribution >= 0.6 is 0 Å². The van der Waals surface area contributed by atoms with E-state index in [1.165, 1.54) is 12.1 Å². The molecule has 1 amide bonds. The molecular weight excluding hydrogens is 522 g/mol. The van der Waals surface area contributed by atoms with Gasteiger partial charge in [0.15, 0.2) is 0 Å². The van der Waals surface area contributed by atoms with Crippen molar-refractivity contribution in [3.8, 4) is 12.3 Å². The van der Waals surface area contributed by atoms with Crippen molar-refractivity contribution >= 4 is 11.7 Å². The van der Waals surface area contributed by atoms with Gasteiger partial charge in [0.25, 0.3) is 5.91 Å². The molecule has 41 heavy (non-hydrogen) atoms. The van der Waals surface area contributed by atoms with Crippen LogP contribution in [-0.4, -0.2) is 47.8 Å². The van der Waals surface area contributed by atoms with Gasteiger partial charge in [-0.2, -0.15) is 0 Å². The van der Waals surface area contributed by atoms with E-state index in [9.17, 15) is 18.7 Å². The molecule has 0 bridgehead atoms. The second kappa shape index (κ2) is 13.7. The zero-order chi connectivity index (χ0) is 29.4. The van der Waals surface area contributed by atoms with Crippen molar-refractivity contribution in [2.75, 3.05) is 24.5 Å². The fourth-order valence-electron chi connectivity index (χ4n) is 5.17. The number of aliphatic hydroxyl groups excluding tert-OH is 1. The maximum absolute atomic E-state index is 14.0. The second-order valence-corrected chi connectivity index (χ2v) is 10.7. The van der Waals surface area contributed by atoms with E-state index >= 15 is 0 Å². The molecule has 8 heteroatoms. The highest BCUT2D eigenvalue weighted by molar-refractivity contribution is 5.95. The van der Waals surface area contributed by atoms with Gasteiger partial charge in [-0.15, -0.1) is 6.42 Å². The topological polar surface area (TPSA) is 77.5 Å². The number of terminal acetylenes is 1. The van der Waals surface area contributed by atoms with E-state index in [-0.39, 0.29) is 18.5 Å². The van der Waals surface area contributed by atoms with E-state index in [1.807, 2.05) is 24.3 Å². The van der Waals surface area contributed by atoms with Gasteiger partial charge in [-0.05, 0) is 79.6 Å². The van der Waals surface area contributed by atoms with E-state index in [0.717, 1.165) is 56.0 Å². The molecule has 6 nitrogen and oxygen atoms in total. The Morgan fingerprint density at radius 3 is 2.44 bits per heavy atom. The van der Waals surface area contributed by atoms with Crippen LogP contribution in [0.5, 0.6) is 0 Å². The van der Waals surface area contributed by atoms with Crippen molar-refractivity contribution in [3.63, 3.8) is 0 Å². The molecular formula is C33H38F2N4O2. The summed E-state index contributed by atoms with van der Waals surface area (Å²) in [5.74, 6) is 1.53. The summed E-state index contributed by atoms with van der Waals surface area (Å²) in [7, 11) is 0. The lowest BCUT2D eigenvalue weighted by atomic mass is 9.98. The first kappa shape index (κ1) is 30.2. The molecule has 1 heterocycles. The fraction of sp³-hybridized carbons (Fsp3) is 0.394. The standard InChI is InChI=1S/C33H38F2N4O2/c1-4-14-39(15-5-2)31-20-25(10-13-36-31)32(41)38-29(19-24-17-27(34)21-28(35)18-24)30(40)22-37-33(11-12-33)26-9-7-8-23(6-3)16-26/h3,7-10,13,16-18,20-21,29-30,37,40H,4-5,11-12,14-15,19,22H2,1-2H3,(H,38,41)/t29-,30-/m0/s1. The van der Waals surface area contributed by atoms with Gasteiger partial charge in [-0.1, -0.05) is 31.9 Å². The minimum Gasteiger partial charge on any atom is -0.390 e. The summed E-state index contributed by atoms with van der Waals surface area (Å²) in [6.07, 6.45) is 9.82. The van der Waals surface area contributed by atoms with Crippen molar-refractivity contribution in [1.82, 2.24) is 15.6 Å². The number of aromatic nitrogens is 1. The van der Waals surface area contributed by atoms with Crippen molar-refractivity contribution in [2.45, 2.75) is 63.6 Å². The number of benzene rings is 2. The Hall–Kier alpha value is -3.80. The van der Waals surface area contributed by atoms with Gasteiger partial charge in [0.1, 0.15) is 17.5 Å².